The first kappa shape index (κ1) is 12.6. The van der Waals surface area contributed by atoms with E-state index in [-0.39, 0.29) is 0 Å². The average molecular weight is 551 g/mol. The minimum atomic E-state index is 0.530. The summed E-state index contributed by atoms with van der Waals surface area (Å²) >= 11 is 6.88. The van der Waals surface area contributed by atoms with E-state index in [9.17, 15) is 0 Å². The Bertz CT molecular complexity index is 151. The van der Waals surface area contributed by atoms with Gasteiger partial charge in [-0.15, -0.1) is 0 Å². The predicted molar refractivity (Wildman–Crippen MR) is 54.5 cm³/mol. The first-order valence-electron chi connectivity index (χ1n) is 2.67. The molecule has 0 nitrogen and oxygen atoms in total. The number of hydrogen-bond donors (Lipinski definition) is 0. The van der Waals surface area contributed by atoms with Gasteiger partial charge >= 0.3 is 110 Å². The van der Waals surface area contributed by atoms with Crippen LogP contribution in [0.3, 0.4) is 0 Å². The molecule has 0 saturated heterocycles. The normalized spacial score (nSPS) is 15.4. The molecule has 0 bridgehead atoms. The van der Waals surface area contributed by atoms with Gasteiger partial charge in [-0.1, -0.05) is 0 Å². The molecule has 0 saturated carbocycles. The number of rotatable bonds is 0. The van der Waals surface area contributed by atoms with E-state index in [0.29, 0.717) is 13.3 Å². The second kappa shape index (κ2) is 8.17. The third-order valence-corrected chi connectivity index (χ3v) is 2.64. The Morgan fingerprint density at radius 1 is 1.60 bits per heavy atom. The SMILES string of the molecule is CC1=[C]([Zr])CC=C1.I[I-]I. The standard InChI is InChI=1S/C6H7.I3.Zr/c1-6-4-2-3-5-6;1-3-2;/h2,4H,3H2,1H3;;/q;-1;. The van der Waals surface area contributed by atoms with Crippen LogP contribution in [0, 0.1) is 0 Å². The van der Waals surface area contributed by atoms with Crippen molar-refractivity contribution < 1.29 is 38.0 Å². The molecule has 0 spiro atoms. The molecular weight excluding hydrogens is 544 g/mol. The van der Waals surface area contributed by atoms with E-state index in [1.165, 1.54) is 12.0 Å². The van der Waals surface area contributed by atoms with Gasteiger partial charge in [0.25, 0.3) is 0 Å². The molecule has 1 aliphatic rings. The predicted octanol–water partition coefficient (Wildman–Crippen LogP) is 0.543. The van der Waals surface area contributed by atoms with Crippen LogP contribution in [0.5, 0.6) is 0 Å². The molecule has 0 aliphatic heterocycles. The number of halogens is 3. The third kappa shape index (κ3) is 6.11. The molecule has 1 rings (SSSR count). The van der Waals surface area contributed by atoms with Gasteiger partial charge in [-0.25, -0.2) is 0 Å². The Kier molecular flexibility index (Phi) is 10.2. The zero-order valence-corrected chi connectivity index (χ0v) is 14.4. The summed E-state index contributed by atoms with van der Waals surface area (Å²) in [4.78, 5) is 0. The molecule has 0 unspecified atom stereocenters. The summed E-state index contributed by atoms with van der Waals surface area (Å²) < 4.78 is 1.60. The second-order valence-corrected chi connectivity index (χ2v) is 19.6. The van der Waals surface area contributed by atoms with Gasteiger partial charge in [0.1, 0.15) is 0 Å². The van der Waals surface area contributed by atoms with E-state index in [1.54, 1.807) is 28.0 Å². The Labute approximate surface area is 107 Å². The fraction of sp³-hybridized carbons (Fsp3) is 0.333. The maximum atomic E-state index is 2.39. The van der Waals surface area contributed by atoms with Crippen LogP contribution in [-0.4, -0.2) is 0 Å². The monoisotopic (exact) mass is 550 g/mol. The summed E-state index contributed by atoms with van der Waals surface area (Å²) in [7, 11) is 0. The quantitative estimate of drug-likeness (QED) is 0.387. The van der Waals surface area contributed by atoms with Gasteiger partial charge in [0.15, 0.2) is 0 Å². The summed E-state index contributed by atoms with van der Waals surface area (Å²) in [6.45, 7) is 2.17. The molecule has 0 aromatic rings. The molecule has 10 heavy (non-hydrogen) atoms. The van der Waals surface area contributed by atoms with Crippen molar-refractivity contribution in [2.75, 3.05) is 0 Å². The van der Waals surface area contributed by atoms with Crippen molar-refractivity contribution in [3.8, 4) is 0 Å². The van der Waals surface area contributed by atoms with E-state index in [2.05, 4.69) is 56.3 Å². The Morgan fingerprint density at radius 3 is 2.20 bits per heavy atom. The fourth-order valence-electron chi connectivity index (χ4n) is 0.615. The maximum absolute atomic E-state index is 2.39. The summed E-state index contributed by atoms with van der Waals surface area (Å²) in [5.41, 5.74) is 1.48. The molecule has 0 fully saturated rings. The van der Waals surface area contributed by atoms with E-state index >= 15 is 0 Å². The molecule has 0 atom stereocenters. The van der Waals surface area contributed by atoms with Crippen LogP contribution in [0.4, 0.5) is 0 Å². The van der Waals surface area contributed by atoms with E-state index < -0.39 is 0 Å². The number of allylic oxidation sites excluding steroid dienone is 4. The Balaban J connectivity index is 0.000000236. The second-order valence-electron chi connectivity index (χ2n) is 1.82. The summed E-state index contributed by atoms with van der Waals surface area (Å²) in [5, 5.41) is 0. The van der Waals surface area contributed by atoms with Crippen molar-refractivity contribution in [3.05, 3.63) is 21.0 Å². The van der Waals surface area contributed by atoms with Crippen LogP contribution in [0.1, 0.15) is 13.3 Å². The first-order chi connectivity index (χ1) is 4.72. The van der Waals surface area contributed by atoms with Crippen molar-refractivity contribution >= 4 is 37.2 Å². The van der Waals surface area contributed by atoms with Gasteiger partial charge in [0.05, 0.1) is 0 Å². The van der Waals surface area contributed by atoms with Crippen molar-refractivity contribution in [2.24, 2.45) is 0 Å². The Morgan fingerprint density at radius 2 is 2.10 bits per heavy atom. The molecule has 57 valence electrons. The molecule has 0 aromatic heterocycles. The van der Waals surface area contributed by atoms with Gasteiger partial charge < -0.3 is 0 Å². The molecule has 0 N–H and O–H groups in total. The minimum absolute atomic E-state index is 0.530. The molecule has 1 aliphatic carbocycles. The molecule has 0 amide bonds. The van der Waals surface area contributed by atoms with Crippen LogP contribution < -0.4 is 13.3 Å². The van der Waals surface area contributed by atoms with Crippen LogP contribution in [0.2, 0.25) is 0 Å². The zero-order valence-electron chi connectivity index (χ0n) is 5.50. The van der Waals surface area contributed by atoms with Crippen molar-refractivity contribution in [1.29, 1.82) is 0 Å². The van der Waals surface area contributed by atoms with Crippen LogP contribution >= 0.6 is 37.2 Å². The zero-order chi connectivity index (χ0) is 7.98. The van der Waals surface area contributed by atoms with Crippen LogP contribution in [0.15, 0.2) is 21.0 Å². The van der Waals surface area contributed by atoms with Crippen molar-refractivity contribution in [3.63, 3.8) is 0 Å². The average Bonchev–Trinajstić information content (AvgIpc) is 2.19. The van der Waals surface area contributed by atoms with Crippen LogP contribution in [-0.2, 0) is 24.7 Å². The third-order valence-electron chi connectivity index (χ3n) is 1.17. The Hall–Kier alpha value is 2.55. The van der Waals surface area contributed by atoms with E-state index in [0.717, 1.165) is 0 Å². The number of hydrogen-bond acceptors (Lipinski definition) is 0. The summed E-state index contributed by atoms with van der Waals surface area (Å²) in [6, 6.07) is 0. The molecule has 0 aromatic carbocycles. The molecule has 0 radical (unpaired) electrons. The van der Waals surface area contributed by atoms with Crippen LogP contribution in [0.25, 0.3) is 0 Å². The van der Waals surface area contributed by atoms with Gasteiger partial charge in [0.2, 0.25) is 0 Å². The van der Waals surface area contributed by atoms with Gasteiger partial charge in [-0.3, -0.25) is 0 Å². The topological polar surface area (TPSA) is 0 Å². The van der Waals surface area contributed by atoms with E-state index in [1.807, 2.05) is 0 Å². The van der Waals surface area contributed by atoms with E-state index in [4.69, 9.17) is 0 Å². The fourth-order valence-corrected chi connectivity index (χ4v) is 1.11. The molecule has 4 heteroatoms. The molecular formula is C6H7I3Zr-. The summed E-state index contributed by atoms with van der Waals surface area (Å²) in [5.74, 6) is 0. The van der Waals surface area contributed by atoms with Crippen molar-refractivity contribution in [2.45, 2.75) is 13.3 Å². The van der Waals surface area contributed by atoms with Crippen molar-refractivity contribution in [1.82, 2.24) is 0 Å². The summed E-state index contributed by atoms with van der Waals surface area (Å²) in [6.07, 6.45) is 5.63. The molecule has 0 heterocycles. The van der Waals surface area contributed by atoms with Gasteiger partial charge in [-0.2, -0.15) is 0 Å². The van der Waals surface area contributed by atoms with Gasteiger partial charge in [0, 0.05) is 0 Å². The first-order valence-corrected chi connectivity index (χ1v) is 16.5. The van der Waals surface area contributed by atoms with Gasteiger partial charge in [-0.05, 0) is 0 Å².